The smallest absolute Gasteiger partial charge is 0.353 e. The van der Waals surface area contributed by atoms with Gasteiger partial charge in [-0.05, 0) is 50.9 Å². The van der Waals surface area contributed by atoms with Crippen LogP contribution in [0, 0.1) is 0 Å². The molecule has 0 aliphatic carbocycles. The number of H-pyrrole nitrogens is 2. The first-order valence-electron chi connectivity index (χ1n) is 15.9. The van der Waals surface area contributed by atoms with Gasteiger partial charge in [0.25, 0.3) is 5.91 Å². The SMILES string of the molecule is C[C@H]1COCCN1C(=O)c1[nH]c2ncnc(Nc3cnc4c(c3)C=NC4)c2c1Br.O=C(O)c1[nH]c2ncnc(Nc3cnc4c(c3)C=NC4)c2c1Br. The minimum Gasteiger partial charge on any atom is -0.477 e. The summed E-state index contributed by atoms with van der Waals surface area (Å²) >= 11 is 6.88. The first-order chi connectivity index (χ1) is 25.2. The van der Waals surface area contributed by atoms with Crippen molar-refractivity contribution in [1.29, 1.82) is 0 Å². The quantitative estimate of drug-likeness (QED) is 0.147. The highest BCUT2D eigenvalue weighted by Crippen LogP contribution is 2.35. The number of amides is 1. The highest BCUT2D eigenvalue weighted by atomic mass is 79.9. The van der Waals surface area contributed by atoms with E-state index >= 15 is 0 Å². The van der Waals surface area contributed by atoms with E-state index in [-0.39, 0.29) is 17.6 Å². The highest BCUT2D eigenvalue weighted by molar-refractivity contribution is 9.11. The van der Waals surface area contributed by atoms with E-state index in [1.54, 1.807) is 18.6 Å². The summed E-state index contributed by atoms with van der Waals surface area (Å²) in [5.74, 6) is -0.0885. The lowest BCUT2D eigenvalue weighted by Gasteiger charge is -2.33. The second-order valence-corrected chi connectivity index (χ2v) is 13.5. The third kappa shape index (κ3) is 6.26. The third-order valence-electron chi connectivity index (χ3n) is 8.59. The van der Waals surface area contributed by atoms with Gasteiger partial charge in [0.2, 0.25) is 0 Å². The van der Waals surface area contributed by atoms with Crippen molar-refractivity contribution in [3.63, 3.8) is 0 Å². The molecule has 1 saturated heterocycles. The second-order valence-electron chi connectivity index (χ2n) is 12.0. The normalized spacial score (nSPS) is 15.8. The number of hydrogen-bond acceptors (Lipinski definition) is 13. The Bertz CT molecular complexity index is 2460. The maximum atomic E-state index is 13.1. The van der Waals surface area contributed by atoms with Crippen LogP contribution in [-0.2, 0) is 17.8 Å². The lowest BCUT2D eigenvalue weighted by Crippen LogP contribution is -2.47. The number of aliphatic imine (C=N–C) groups is 2. The highest BCUT2D eigenvalue weighted by Gasteiger charge is 2.29. The predicted octanol–water partition coefficient (Wildman–Crippen LogP) is 5.14. The topological polar surface area (TPSA) is 225 Å². The van der Waals surface area contributed by atoms with Gasteiger partial charge in [-0.2, -0.15) is 0 Å². The molecule has 0 bridgehead atoms. The van der Waals surface area contributed by atoms with Gasteiger partial charge >= 0.3 is 5.97 Å². The summed E-state index contributed by atoms with van der Waals surface area (Å²) in [7, 11) is 0. The van der Waals surface area contributed by atoms with Crippen LogP contribution >= 0.6 is 31.9 Å². The van der Waals surface area contributed by atoms with E-state index in [0.717, 1.165) is 33.9 Å². The number of morpholine rings is 1. The Morgan fingerprint density at radius 3 is 1.90 bits per heavy atom. The van der Waals surface area contributed by atoms with E-state index in [4.69, 9.17) is 4.74 Å². The molecule has 262 valence electrons. The minimum atomic E-state index is -1.07. The fourth-order valence-corrected chi connectivity index (χ4v) is 7.30. The number of nitrogens with one attached hydrogen (secondary N) is 4. The molecule has 0 saturated carbocycles. The van der Waals surface area contributed by atoms with E-state index in [2.05, 4.69) is 92.4 Å². The van der Waals surface area contributed by atoms with Gasteiger partial charge in [-0.3, -0.25) is 24.7 Å². The number of carboxylic acid groups (broad SMARTS) is 1. The number of carboxylic acids is 1. The van der Waals surface area contributed by atoms with E-state index in [9.17, 15) is 14.7 Å². The second kappa shape index (κ2) is 13.8. The number of nitrogens with zero attached hydrogens (tertiary/aromatic N) is 9. The molecule has 9 heterocycles. The largest absolute Gasteiger partial charge is 0.477 e. The molecule has 3 aliphatic rings. The molecule has 6 aromatic rings. The Morgan fingerprint density at radius 2 is 1.37 bits per heavy atom. The Morgan fingerprint density at radius 1 is 0.827 bits per heavy atom. The van der Waals surface area contributed by atoms with Crippen LogP contribution in [0.2, 0.25) is 0 Å². The third-order valence-corrected chi connectivity index (χ3v) is 10.2. The van der Waals surface area contributed by atoms with Gasteiger partial charge in [0.15, 0.2) is 0 Å². The Labute approximate surface area is 310 Å². The summed E-state index contributed by atoms with van der Waals surface area (Å²) in [5.41, 5.74) is 6.86. The maximum absolute atomic E-state index is 13.1. The summed E-state index contributed by atoms with van der Waals surface area (Å²) in [4.78, 5) is 66.2. The number of ether oxygens (including phenoxy) is 1. The van der Waals surface area contributed by atoms with E-state index in [1.165, 1.54) is 12.7 Å². The van der Waals surface area contributed by atoms with Crippen LogP contribution in [0.4, 0.5) is 23.0 Å². The molecule has 52 heavy (non-hydrogen) atoms. The van der Waals surface area contributed by atoms with Crippen LogP contribution in [0.3, 0.4) is 0 Å². The first-order valence-corrected chi connectivity index (χ1v) is 17.5. The average molecular weight is 829 g/mol. The number of aromatic nitrogens is 8. The zero-order chi connectivity index (χ0) is 35.9. The molecular formula is C33H27Br2N13O4. The zero-order valence-electron chi connectivity index (χ0n) is 27.2. The molecule has 0 unspecified atom stereocenters. The Hall–Kier alpha value is -5.66. The van der Waals surface area contributed by atoms with Crippen LogP contribution in [-0.4, -0.2) is 100.0 Å². The van der Waals surface area contributed by atoms with Crippen molar-refractivity contribution in [2.75, 3.05) is 30.4 Å². The molecule has 5 N–H and O–H groups in total. The number of aromatic carboxylic acids is 1. The molecule has 19 heteroatoms. The molecule has 6 aromatic heterocycles. The number of fused-ring (bicyclic) bond motifs is 4. The number of pyridine rings is 2. The molecule has 3 aliphatic heterocycles. The van der Waals surface area contributed by atoms with Gasteiger partial charge in [-0.25, -0.2) is 24.7 Å². The van der Waals surface area contributed by atoms with Gasteiger partial charge in [0.05, 0.1) is 87.2 Å². The zero-order valence-corrected chi connectivity index (χ0v) is 30.4. The molecule has 17 nitrogen and oxygen atoms in total. The predicted molar refractivity (Wildman–Crippen MR) is 199 cm³/mol. The number of anilines is 4. The van der Waals surface area contributed by atoms with Crippen LogP contribution in [0.25, 0.3) is 22.1 Å². The van der Waals surface area contributed by atoms with E-state index in [1.807, 2.05) is 30.2 Å². The molecule has 9 rings (SSSR count). The number of halogens is 2. The molecule has 1 fully saturated rings. The molecule has 0 radical (unpaired) electrons. The van der Waals surface area contributed by atoms with Crippen LogP contribution < -0.4 is 10.6 Å². The van der Waals surface area contributed by atoms with Crippen molar-refractivity contribution in [2.45, 2.75) is 26.1 Å². The van der Waals surface area contributed by atoms with Gasteiger partial charge in [-0.15, -0.1) is 0 Å². The molecule has 1 amide bonds. The van der Waals surface area contributed by atoms with Crippen LogP contribution in [0.5, 0.6) is 0 Å². The fourth-order valence-electron chi connectivity index (χ4n) is 6.01. The van der Waals surface area contributed by atoms with Crippen molar-refractivity contribution in [1.82, 2.24) is 44.8 Å². The number of rotatable bonds is 6. The van der Waals surface area contributed by atoms with E-state index in [0.29, 0.717) is 81.2 Å². The molecule has 1 atom stereocenters. The average Bonchev–Trinajstić information content (AvgIpc) is 3.94. The van der Waals surface area contributed by atoms with Gasteiger partial charge in [0, 0.05) is 30.1 Å². The molecule has 0 aromatic carbocycles. The Balaban J connectivity index is 0.000000153. The maximum Gasteiger partial charge on any atom is 0.353 e. The monoisotopic (exact) mass is 827 g/mol. The number of carbonyl (C=O) groups excluding carboxylic acids is 1. The standard InChI is InChI=1S/C19H18BrN7O2.C14H9BrN6O2/c1-10-8-29-3-2-27(10)19(28)16-15(20)14-17(23-9-24-18(14)26-16)25-12-4-11-5-21-7-13(11)22-6-12;15-10-9-12(18-5-19-13(9)21-11(10)14(22)23)20-7-1-6-2-16-4-8(6)17-3-7/h4-6,9-10H,2-3,7-8H2,1H3,(H2,23,24,25,26);1-3,5H,4H2,(H,22,23)(H2,18,19,20,21)/t10-;/m0./s1. The minimum absolute atomic E-state index is 0.0115. The van der Waals surface area contributed by atoms with Gasteiger partial charge < -0.3 is 35.3 Å². The summed E-state index contributed by atoms with van der Waals surface area (Å²) in [6, 6.07) is 3.91. The lowest BCUT2D eigenvalue weighted by atomic mass is 10.2. The summed E-state index contributed by atoms with van der Waals surface area (Å²) in [6.45, 7) is 4.81. The fraction of sp³-hybridized carbons (Fsp3) is 0.212. The molecule has 0 spiro atoms. The summed E-state index contributed by atoms with van der Waals surface area (Å²) < 4.78 is 6.48. The summed E-state index contributed by atoms with van der Waals surface area (Å²) in [6.07, 6.45) is 9.86. The van der Waals surface area contributed by atoms with Crippen molar-refractivity contribution in [3.8, 4) is 0 Å². The van der Waals surface area contributed by atoms with Crippen molar-refractivity contribution >= 4 is 101 Å². The van der Waals surface area contributed by atoms with Crippen LogP contribution in [0.15, 0.2) is 56.1 Å². The van der Waals surface area contributed by atoms with Gasteiger partial charge in [-0.1, -0.05) is 0 Å². The van der Waals surface area contributed by atoms with Gasteiger partial charge in [0.1, 0.15) is 47.0 Å². The van der Waals surface area contributed by atoms with Crippen molar-refractivity contribution < 1.29 is 19.4 Å². The number of carbonyl (C=O) groups is 2. The molecular weight excluding hydrogens is 802 g/mol. The van der Waals surface area contributed by atoms with E-state index < -0.39 is 5.97 Å². The number of aromatic amines is 2. The van der Waals surface area contributed by atoms with Crippen molar-refractivity contribution in [3.05, 3.63) is 80.0 Å². The lowest BCUT2D eigenvalue weighted by molar-refractivity contribution is 0.00327. The first kappa shape index (κ1) is 33.5. The number of hydrogen-bond donors (Lipinski definition) is 5. The summed E-state index contributed by atoms with van der Waals surface area (Å²) in [5, 5.41) is 16.9. The van der Waals surface area contributed by atoms with Crippen molar-refractivity contribution in [2.24, 2.45) is 9.98 Å². The van der Waals surface area contributed by atoms with Crippen LogP contribution in [0.1, 0.15) is 50.4 Å². The Kier molecular flexibility index (Phi) is 8.89.